The van der Waals surface area contributed by atoms with Crippen LogP contribution in [0.4, 0.5) is 4.79 Å². The lowest BCUT2D eigenvalue weighted by Gasteiger charge is -2.21. The van der Waals surface area contributed by atoms with E-state index in [0.29, 0.717) is 26.0 Å². The first-order chi connectivity index (χ1) is 8.90. The number of hydrogen-bond acceptors (Lipinski definition) is 3. The average molecular weight is 272 g/mol. The van der Waals surface area contributed by atoms with E-state index in [1.54, 1.807) is 11.9 Å². The molecule has 0 aromatic carbocycles. The second kappa shape index (κ2) is 7.33. The van der Waals surface area contributed by atoms with Gasteiger partial charge < -0.3 is 20.1 Å². The van der Waals surface area contributed by atoms with Gasteiger partial charge in [-0.2, -0.15) is 0 Å². The monoisotopic (exact) mass is 272 g/mol. The van der Waals surface area contributed by atoms with Gasteiger partial charge in [0.1, 0.15) is 0 Å². The Morgan fingerprint density at radius 2 is 2.11 bits per heavy atom. The van der Waals surface area contributed by atoms with Gasteiger partial charge in [0.15, 0.2) is 0 Å². The fraction of sp³-hybridized carbons (Fsp3) is 0.846. The van der Waals surface area contributed by atoms with Crippen LogP contribution in [0.2, 0.25) is 0 Å². The van der Waals surface area contributed by atoms with E-state index in [2.05, 4.69) is 5.32 Å². The average Bonchev–Trinajstić information content (AvgIpc) is 2.76. The third kappa shape index (κ3) is 5.46. The Kier molecular flexibility index (Phi) is 6.08. The first-order valence-corrected chi connectivity index (χ1v) is 6.76. The molecule has 0 spiro atoms. The van der Waals surface area contributed by atoms with Crippen molar-refractivity contribution in [2.45, 2.75) is 45.3 Å². The van der Waals surface area contributed by atoms with Crippen molar-refractivity contribution in [2.75, 3.05) is 20.2 Å². The zero-order valence-corrected chi connectivity index (χ0v) is 11.9. The second-order valence-corrected chi connectivity index (χ2v) is 5.34. The molecule has 0 bridgehead atoms. The molecule has 2 N–H and O–H groups in total. The number of urea groups is 1. The summed E-state index contributed by atoms with van der Waals surface area (Å²) in [4.78, 5) is 24.3. The quantitative estimate of drug-likeness (QED) is 0.764. The third-order valence-electron chi connectivity index (χ3n) is 3.33. The normalized spacial score (nSPS) is 22.5. The molecule has 0 radical (unpaired) electrons. The van der Waals surface area contributed by atoms with Crippen LogP contribution in [0.5, 0.6) is 0 Å². The number of nitrogens with zero attached hydrogens (tertiary/aromatic N) is 1. The van der Waals surface area contributed by atoms with E-state index in [4.69, 9.17) is 9.84 Å². The molecular weight excluding hydrogens is 248 g/mol. The second-order valence-electron chi connectivity index (χ2n) is 5.34. The minimum absolute atomic E-state index is 0.0259. The Morgan fingerprint density at radius 1 is 1.42 bits per heavy atom. The van der Waals surface area contributed by atoms with Gasteiger partial charge in [0.05, 0.1) is 18.6 Å². The fourth-order valence-electron chi connectivity index (χ4n) is 2.15. The van der Waals surface area contributed by atoms with Crippen LogP contribution in [0.15, 0.2) is 0 Å². The topological polar surface area (TPSA) is 78.9 Å². The van der Waals surface area contributed by atoms with Gasteiger partial charge in [-0.3, -0.25) is 4.79 Å². The molecule has 110 valence electrons. The smallest absolute Gasteiger partial charge is 0.317 e. The summed E-state index contributed by atoms with van der Waals surface area (Å²) in [7, 11) is 1.71. The maximum atomic E-state index is 11.9. The van der Waals surface area contributed by atoms with E-state index < -0.39 is 5.97 Å². The summed E-state index contributed by atoms with van der Waals surface area (Å²) in [6, 6.07) is -0.189. The minimum Gasteiger partial charge on any atom is -0.481 e. The van der Waals surface area contributed by atoms with Gasteiger partial charge in [0.25, 0.3) is 0 Å². The predicted octanol–water partition coefficient (Wildman–Crippen LogP) is 1.31. The van der Waals surface area contributed by atoms with Crippen molar-refractivity contribution in [2.24, 2.45) is 5.92 Å². The van der Waals surface area contributed by atoms with Gasteiger partial charge in [-0.05, 0) is 33.1 Å². The minimum atomic E-state index is -0.768. The number of carboxylic acids is 1. The number of aliphatic carboxylic acids is 1. The Hall–Kier alpha value is -1.30. The maximum Gasteiger partial charge on any atom is 0.317 e. The van der Waals surface area contributed by atoms with Crippen LogP contribution in [-0.2, 0) is 9.53 Å². The highest BCUT2D eigenvalue weighted by atomic mass is 16.5. The van der Waals surface area contributed by atoms with Gasteiger partial charge >= 0.3 is 12.0 Å². The summed E-state index contributed by atoms with van der Waals surface area (Å²) in [6.45, 7) is 4.93. The van der Waals surface area contributed by atoms with Gasteiger partial charge in [-0.25, -0.2) is 4.79 Å². The summed E-state index contributed by atoms with van der Waals surface area (Å²) < 4.78 is 5.38. The van der Waals surface area contributed by atoms with Crippen LogP contribution >= 0.6 is 0 Å². The van der Waals surface area contributed by atoms with Crippen molar-refractivity contribution in [1.82, 2.24) is 10.2 Å². The van der Waals surface area contributed by atoms with Crippen LogP contribution in [0, 0.1) is 5.92 Å². The van der Waals surface area contributed by atoms with Crippen LogP contribution < -0.4 is 5.32 Å². The number of nitrogens with one attached hydrogen (secondary N) is 1. The zero-order chi connectivity index (χ0) is 14.4. The number of carbonyl (C=O) groups excluding carboxylic acids is 1. The number of amides is 2. The van der Waals surface area contributed by atoms with Crippen molar-refractivity contribution < 1.29 is 19.4 Å². The Balaban J connectivity index is 2.25. The Morgan fingerprint density at radius 3 is 2.63 bits per heavy atom. The summed E-state index contributed by atoms with van der Waals surface area (Å²) in [6.07, 6.45) is 2.05. The lowest BCUT2D eigenvalue weighted by atomic mass is 10.1. The van der Waals surface area contributed by atoms with Gasteiger partial charge in [-0.1, -0.05) is 0 Å². The zero-order valence-electron chi connectivity index (χ0n) is 11.9. The first-order valence-electron chi connectivity index (χ1n) is 6.76. The van der Waals surface area contributed by atoms with E-state index in [-0.39, 0.29) is 24.1 Å². The van der Waals surface area contributed by atoms with E-state index >= 15 is 0 Å². The molecule has 0 aromatic rings. The molecule has 2 atom stereocenters. The SMILES string of the molecule is CC(C)OCCN(C)C(=O)NC1CCC(C(=O)O)C1. The standard InChI is InChI=1S/C13H24N2O4/c1-9(2)19-7-6-15(3)13(18)14-11-5-4-10(8-11)12(16)17/h9-11H,4-8H2,1-3H3,(H,14,18)(H,16,17). The molecule has 1 rings (SSSR count). The van der Waals surface area contributed by atoms with Gasteiger partial charge in [0.2, 0.25) is 0 Å². The highest BCUT2D eigenvalue weighted by Gasteiger charge is 2.30. The summed E-state index contributed by atoms with van der Waals surface area (Å²) in [5, 5.41) is 11.8. The number of carbonyl (C=O) groups is 2. The van der Waals surface area contributed by atoms with Crippen LogP contribution in [-0.4, -0.2) is 54.4 Å². The number of ether oxygens (including phenoxy) is 1. The molecule has 0 aromatic heterocycles. The maximum absolute atomic E-state index is 11.9. The molecule has 1 aliphatic carbocycles. The molecule has 1 fully saturated rings. The predicted molar refractivity (Wildman–Crippen MR) is 71.0 cm³/mol. The highest BCUT2D eigenvalue weighted by molar-refractivity contribution is 5.75. The molecule has 1 saturated carbocycles. The van der Waals surface area contributed by atoms with Crippen LogP contribution in [0.25, 0.3) is 0 Å². The number of likely N-dealkylation sites (N-methyl/N-ethyl adjacent to an activating group) is 1. The fourth-order valence-corrected chi connectivity index (χ4v) is 2.15. The molecule has 0 saturated heterocycles. The molecule has 19 heavy (non-hydrogen) atoms. The largest absolute Gasteiger partial charge is 0.481 e. The number of carboxylic acid groups (broad SMARTS) is 1. The molecule has 6 nitrogen and oxygen atoms in total. The number of hydrogen-bond donors (Lipinski definition) is 2. The molecule has 2 amide bonds. The van der Waals surface area contributed by atoms with Crippen molar-refractivity contribution in [1.29, 1.82) is 0 Å². The third-order valence-corrected chi connectivity index (χ3v) is 3.33. The van der Waals surface area contributed by atoms with E-state index in [1.807, 2.05) is 13.8 Å². The lowest BCUT2D eigenvalue weighted by Crippen LogP contribution is -2.43. The summed E-state index contributed by atoms with van der Waals surface area (Å²) >= 11 is 0. The number of rotatable bonds is 6. The first kappa shape index (κ1) is 15.8. The molecule has 1 aliphatic rings. The van der Waals surface area contributed by atoms with Crippen LogP contribution in [0.1, 0.15) is 33.1 Å². The van der Waals surface area contributed by atoms with Crippen LogP contribution in [0.3, 0.4) is 0 Å². The van der Waals surface area contributed by atoms with Crippen molar-refractivity contribution >= 4 is 12.0 Å². The Labute approximate surface area is 114 Å². The molecular formula is C13H24N2O4. The molecule has 2 unspecified atom stereocenters. The molecule has 0 aliphatic heterocycles. The lowest BCUT2D eigenvalue weighted by molar-refractivity contribution is -0.141. The molecule has 6 heteroatoms. The van der Waals surface area contributed by atoms with Gasteiger partial charge in [-0.15, -0.1) is 0 Å². The van der Waals surface area contributed by atoms with Gasteiger partial charge in [0, 0.05) is 19.6 Å². The van der Waals surface area contributed by atoms with E-state index in [1.165, 1.54) is 0 Å². The summed E-state index contributed by atoms with van der Waals surface area (Å²) in [5.74, 6) is -1.09. The highest BCUT2D eigenvalue weighted by Crippen LogP contribution is 2.25. The Bertz CT molecular complexity index is 320. The van der Waals surface area contributed by atoms with Crippen molar-refractivity contribution in [3.63, 3.8) is 0 Å². The van der Waals surface area contributed by atoms with E-state index in [0.717, 1.165) is 6.42 Å². The summed E-state index contributed by atoms with van der Waals surface area (Å²) in [5.41, 5.74) is 0. The van der Waals surface area contributed by atoms with E-state index in [9.17, 15) is 9.59 Å². The van der Waals surface area contributed by atoms with Crippen molar-refractivity contribution in [3.05, 3.63) is 0 Å². The van der Waals surface area contributed by atoms with Crippen molar-refractivity contribution in [3.8, 4) is 0 Å². The molecule has 0 heterocycles.